The second kappa shape index (κ2) is 6.86. The summed E-state index contributed by atoms with van der Waals surface area (Å²) in [4.78, 5) is 19.9. The molecule has 2 aromatic carbocycles. The van der Waals surface area contributed by atoms with Gasteiger partial charge in [-0.05, 0) is 60.6 Å². The molecular weight excluding hydrogens is 364 g/mol. The Morgan fingerprint density at radius 2 is 2.08 bits per heavy atom. The number of amides is 1. The molecule has 0 aliphatic rings. The zero-order valence-electron chi connectivity index (χ0n) is 14.0. The van der Waals surface area contributed by atoms with Crippen molar-refractivity contribution in [1.29, 1.82) is 0 Å². The maximum atomic E-state index is 12.5. The molecule has 0 radical (unpaired) electrons. The normalized spacial score (nSPS) is 11.0. The summed E-state index contributed by atoms with van der Waals surface area (Å²) in [7, 11) is 0. The average molecular weight is 380 g/mol. The number of aryl methyl sites for hydroxylation is 1. The summed E-state index contributed by atoms with van der Waals surface area (Å²) in [5.74, 6) is -0.177. The van der Waals surface area contributed by atoms with Crippen LogP contribution in [0.25, 0.3) is 15.9 Å². The zero-order chi connectivity index (χ0) is 18.1. The van der Waals surface area contributed by atoms with Gasteiger partial charge in [0, 0.05) is 23.6 Å². The molecule has 0 aliphatic carbocycles. The molecule has 0 fully saturated rings. The van der Waals surface area contributed by atoms with Crippen molar-refractivity contribution < 1.29 is 4.79 Å². The monoisotopic (exact) mass is 380 g/mol. The number of rotatable bonds is 4. The molecule has 0 bridgehead atoms. The third-order valence-corrected chi connectivity index (χ3v) is 5.39. The Bertz CT molecular complexity index is 1140. The summed E-state index contributed by atoms with van der Waals surface area (Å²) in [5, 5.41) is 3.49. The van der Waals surface area contributed by atoms with E-state index in [2.05, 4.69) is 34.3 Å². The summed E-state index contributed by atoms with van der Waals surface area (Å²) in [5.41, 5.74) is 3.64. The van der Waals surface area contributed by atoms with Gasteiger partial charge in [0.15, 0.2) is 9.90 Å². The molecule has 130 valence electrons. The summed E-state index contributed by atoms with van der Waals surface area (Å²) < 4.78 is 3.54. The lowest BCUT2D eigenvalue weighted by molar-refractivity contribution is 0.102. The van der Waals surface area contributed by atoms with E-state index in [4.69, 9.17) is 12.2 Å². The zero-order valence-corrected chi connectivity index (χ0v) is 15.7. The Morgan fingerprint density at radius 3 is 2.77 bits per heavy atom. The number of nitrogens with one attached hydrogen (secondary N) is 2. The SMILES string of the molecule is CCc1ccc2nc(NC(=O)c3ccc(-n4cc[nH]c4=S)cc3)sc2c1. The van der Waals surface area contributed by atoms with Crippen molar-refractivity contribution in [3.05, 3.63) is 70.8 Å². The summed E-state index contributed by atoms with van der Waals surface area (Å²) in [6, 6.07) is 13.5. The number of aromatic amines is 1. The Balaban J connectivity index is 1.54. The lowest BCUT2D eigenvalue weighted by Gasteiger charge is -2.05. The Kier molecular flexibility index (Phi) is 4.40. The van der Waals surface area contributed by atoms with Gasteiger partial charge in [-0.1, -0.05) is 24.3 Å². The van der Waals surface area contributed by atoms with Crippen LogP contribution in [0.5, 0.6) is 0 Å². The van der Waals surface area contributed by atoms with Crippen LogP contribution in [0.1, 0.15) is 22.8 Å². The maximum absolute atomic E-state index is 12.5. The highest BCUT2D eigenvalue weighted by atomic mass is 32.1. The van der Waals surface area contributed by atoms with E-state index >= 15 is 0 Å². The number of hydrogen-bond acceptors (Lipinski definition) is 4. The fourth-order valence-corrected chi connectivity index (χ4v) is 3.87. The number of hydrogen-bond donors (Lipinski definition) is 2. The van der Waals surface area contributed by atoms with Crippen molar-refractivity contribution in [1.82, 2.24) is 14.5 Å². The van der Waals surface area contributed by atoms with Crippen LogP contribution in [-0.4, -0.2) is 20.4 Å². The largest absolute Gasteiger partial charge is 0.337 e. The number of imidazole rings is 1. The number of H-pyrrole nitrogens is 1. The van der Waals surface area contributed by atoms with Crippen LogP contribution in [-0.2, 0) is 6.42 Å². The molecule has 0 spiro atoms. The molecule has 4 rings (SSSR count). The molecule has 7 heteroatoms. The average Bonchev–Trinajstić information content (AvgIpc) is 3.26. The molecule has 2 aromatic heterocycles. The van der Waals surface area contributed by atoms with Gasteiger partial charge in [0.25, 0.3) is 5.91 Å². The van der Waals surface area contributed by atoms with Crippen molar-refractivity contribution in [3.8, 4) is 5.69 Å². The molecule has 0 saturated heterocycles. The smallest absolute Gasteiger partial charge is 0.257 e. The Hall–Kier alpha value is -2.77. The first-order valence-corrected chi connectivity index (χ1v) is 9.44. The molecule has 2 heterocycles. The highest BCUT2D eigenvalue weighted by Gasteiger charge is 2.10. The number of nitrogens with zero attached hydrogens (tertiary/aromatic N) is 2. The van der Waals surface area contributed by atoms with Crippen LogP contribution >= 0.6 is 23.6 Å². The van der Waals surface area contributed by atoms with Gasteiger partial charge in [-0.25, -0.2) is 4.98 Å². The maximum Gasteiger partial charge on any atom is 0.257 e. The molecule has 26 heavy (non-hydrogen) atoms. The van der Waals surface area contributed by atoms with Crippen LogP contribution in [0, 0.1) is 4.77 Å². The van der Waals surface area contributed by atoms with Gasteiger partial charge in [-0.3, -0.25) is 14.7 Å². The number of anilines is 1. The second-order valence-electron chi connectivity index (χ2n) is 5.81. The molecule has 4 aromatic rings. The lowest BCUT2D eigenvalue weighted by Crippen LogP contribution is -2.11. The van der Waals surface area contributed by atoms with E-state index in [1.807, 2.05) is 29.0 Å². The summed E-state index contributed by atoms with van der Waals surface area (Å²) in [6.45, 7) is 2.12. The molecular formula is C19H16N4OS2. The van der Waals surface area contributed by atoms with Crippen LogP contribution < -0.4 is 5.32 Å². The van der Waals surface area contributed by atoms with Crippen LogP contribution in [0.2, 0.25) is 0 Å². The third-order valence-electron chi connectivity index (χ3n) is 4.14. The first kappa shape index (κ1) is 16.7. The Labute approximate surface area is 159 Å². The topological polar surface area (TPSA) is 62.7 Å². The fourth-order valence-electron chi connectivity index (χ4n) is 2.71. The van der Waals surface area contributed by atoms with Crippen LogP contribution in [0.15, 0.2) is 54.9 Å². The molecule has 0 atom stereocenters. The van der Waals surface area contributed by atoms with Gasteiger partial charge in [0.1, 0.15) is 0 Å². The molecule has 1 amide bonds. The Morgan fingerprint density at radius 1 is 1.27 bits per heavy atom. The molecule has 2 N–H and O–H groups in total. The van der Waals surface area contributed by atoms with E-state index in [1.54, 1.807) is 18.3 Å². The fraction of sp³-hybridized carbons (Fsp3) is 0.105. The van der Waals surface area contributed by atoms with Gasteiger partial charge in [0.2, 0.25) is 0 Å². The van der Waals surface area contributed by atoms with Gasteiger partial charge in [-0.15, -0.1) is 0 Å². The number of aromatic nitrogens is 3. The minimum Gasteiger partial charge on any atom is -0.337 e. The standard InChI is InChI=1S/C19H16N4OS2/c1-2-12-3-8-15-16(11-12)26-18(21-15)22-17(24)13-4-6-14(7-5-13)23-10-9-20-19(23)25/h3-11H,2H2,1H3,(H,20,25)(H,21,22,24). The number of carbonyl (C=O) groups is 1. The highest BCUT2D eigenvalue weighted by molar-refractivity contribution is 7.71. The van der Waals surface area contributed by atoms with Crippen molar-refractivity contribution in [3.63, 3.8) is 0 Å². The number of thiazole rings is 1. The number of benzene rings is 2. The number of fused-ring (bicyclic) bond motifs is 1. The van der Waals surface area contributed by atoms with Crippen molar-refractivity contribution >= 4 is 44.8 Å². The first-order valence-electron chi connectivity index (χ1n) is 8.21. The lowest BCUT2D eigenvalue weighted by atomic mass is 10.2. The highest BCUT2D eigenvalue weighted by Crippen LogP contribution is 2.27. The molecule has 0 saturated carbocycles. The van der Waals surface area contributed by atoms with E-state index in [9.17, 15) is 4.79 Å². The molecule has 0 aliphatic heterocycles. The van der Waals surface area contributed by atoms with Crippen LogP contribution in [0.3, 0.4) is 0 Å². The predicted molar refractivity (Wildman–Crippen MR) is 108 cm³/mol. The van der Waals surface area contributed by atoms with Gasteiger partial charge < -0.3 is 4.98 Å². The van der Waals surface area contributed by atoms with Crippen molar-refractivity contribution in [2.75, 3.05) is 5.32 Å². The van der Waals surface area contributed by atoms with E-state index in [0.29, 0.717) is 15.5 Å². The minimum atomic E-state index is -0.177. The molecule has 5 nitrogen and oxygen atoms in total. The van der Waals surface area contributed by atoms with E-state index in [-0.39, 0.29) is 5.91 Å². The van der Waals surface area contributed by atoms with Gasteiger partial charge in [0.05, 0.1) is 10.2 Å². The summed E-state index contributed by atoms with van der Waals surface area (Å²) >= 11 is 6.70. The van der Waals surface area contributed by atoms with Crippen molar-refractivity contribution in [2.24, 2.45) is 0 Å². The first-order chi connectivity index (χ1) is 12.6. The minimum absolute atomic E-state index is 0.177. The second-order valence-corrected chi connectivity index (χ2v) is 7.23. The predicted octanol–water partition coefficient (Wildman–Crippen LogP) is 4.96. The number of carbonyl (C=O) groups excluding carboxylic acids is 1. The third kappa shape index (κ3) is 3.18. The quantitative estimate of drug-likeness (QED) is 0.492. The van der Waals surface area contributed by atoms with E-state index < -0.39 is 0 Å². The summed E-state index contributed by atoms with van der Waals surface area (Å²) in [6.07, 6.45) is 4.61. The van der Waals surface area contributed by atoms with Gasteiger partial charge >= 0.3 is 0 Å². The van der Waals surface area contributed by atoms with E-state index in [1.165, 1.54) is 16.9 Å². The van der Waals surface area contributed by atoms with E-state index in [0.717, 1.165) is 22.3 Å². The van der Waals surface area contributed by atoms with Crippen LogP contribution in [0.4, 0.5) is 5.13 Å². The molecule has 0 unspecified atom stereocenters. The van der Waals surface area contributed by atoms with Gasteiger partial charge in [-0.2, -0.15) is 0 Å². The van der Waals surface area contributed by atoms with Crippen molar-refractivity contribution in [2.45, 2.75) is 13.3 Å².